The minimum Gasteiger partial charge on any atom is -0.410 e. The van der Waals surface area contributed by atoms with Gasteiger partial charge in [0.2, 0.25) is 0 Å². The molecule has 2 nitrogen and oxygen atoms in total. The Balaban J connectivity index is 1.90. The van der Waals surface area contributed by atoms with E-state index in [1.54, 1.807) is 0 Å². The van der Waals surface area contributed by atoms with Gasteiger partial charge in [-0.1, -0.05) is 72.8 Å². The topological polar surface area (TPSA) is 32.6 Å². The molecule has 1 N–H and O–H groups in total. The number of benzene rings is 1. The van der Waals surface area contributed by atoms with E-state index in [1.165, 1.54) is 37.7 Å². The molecule has 0 aliphatic heterocycles. The number of nitrogens with zero attached hydrogens (tertiary/aromatic N) is 1. The summed E-state index contributed by atoms with van der Waals surface area (Å²) in [6, 6.07) is 10.6. The molecular weight excluding hydrogens is 246 g/mol. The molecule has 0 radical (unpaired) electrons. The van der Waals surface area contributed by atoms with Crippen LogP contribution in [0.2, 0.25) is 0 Å². The number of halogens is 1. The maximum atomic E-state index is 8.37. The summed E-state index contributed by atoms with van der Waals surface area (Å²) in [6.07, 6.45) is 9.13. The fourth-order valence-electron chi connectivity index (χ4n) is 2.00. The zero-order chi connectivity index (χ0) is 13.1. The lowest BCUT2D eigenvalue weighted by Gasteiger charge is -2.02. The van der Waals surface area contributed by atoms with E-state index in [0.29, 0.717) is 11.6 Å². The summed E-state index contributed by atoms with van der Waals surface area (Å²) in [5, 5.41) is 11.6. The number of hydrogen-bond donors (Lipinski definition) is 1. The molecule has 3 heteroatoms. The largest absolute Gasteiger partial charge is 0.410 e. The Kier molecular flexibility index (Phi) is 8.32. The summed E-state index contributed by atoms with van der Waals surface area (Å²) in [4.78, 5) is 0. The minimum atomic E-state index is 0.319. The van der Waals surface area contributed by atoms with E-state index < -0.39 is 0 Å². The fourth-order valence-corrected chi connectivity index (χ4v) is 2.14. The summed E-state index contributed by atoms with van der Waals surface area (Å²) in [7, 11) is 0. The Morgan fingerprint density at radius 2 is 1.56 bits per heavy atom. The molecule has 0 saturated carbocycles. The first-order valence-electron chi connectivity index (χ1n) is 6.73. The van der Waals surface area contributed by atoms with E-state index in [-0.39, 0.29) is 0 Å². The van der Waals surface area contributed by atoms with Crippen LogP contribution in [-0.2, 0) is 6.42 Å². The van der Waals surface area contributed by atoms with Crippen LogP contribution in [0, 0.1) is 0 Å². The van der Waals surface area contributed by atoms with Crippen LogP contribution in [0.5, 0.6) is 0 Å². The second kappa shape index (κ2) is 9.95. The van der Waals surface area contributed by atoms with Gasteiger partial charge in [0.05, 0.1) is 0 Å². The molecule has 18 heavy (non-hydrogen) atoms. The Morgan fingerprint density at radius 3 is 2.22 bits per heavy atom. The Bertz CT molecular complexity index is 338. The van der Waals surface area contributed by atoms with Crippen molar-refractivity contribution in [1.82, 2.24) is 0 Å². The molecule has 1 aromatic carbocycles. The number of hydrogen-bond acceptors (Lipinski definition) is 2. The van der Waals surface area contributed by atoms with E-state index in [4.69, 9.17) is 16.8 Å². The Labute approximate surface area is 115 Å². The van der Waals surface area contributed by atoms with Gasteiger partial charge in [-0.25, -0.2) is 0 Å². The third-order valence-electron chi connectivity index (χ3n) is 3.05. The summed E-state index contributed by atoms with van der Waals surface area (Å²) >= 11 is 5.60. The second-order valence-electron chi connectivity index (χ2n) is 4.58. The van der Waals surface area contributed by atoms with Gasteiger partial charge in [-0.15, -0.1) is 0 Å². The van der Waals surface area contributed by atoms with Crippen LogP contribution in [0.4, 0.5) is 0 Å². The SMILES string of the molecule is ON=C(Cl)CCCCCCCCc1ccccc1. The van der Waals surface area contributed by atoms with E-state index >= 15 is 0 Å². The van der Waals surface area contributed by atoms with Crippen molar-refractivity contribution >= 4 is 16.8 Å². The van der Waals surface area contributed by atoms with Crippen LogP contribution in [0.1, 0.15) is 50.5 Å². The Morgan fingerprint density at radius 1 is 0.944 bits per heavy atom. The molecule has 0 atom stereocenters. The van der Waals surface area contributed by atoms with E-state index in [1.807, 2.05) is 0 Å². The lowest BCUT2D eigenvalue weighted by atomic mass is 10.0. The standard InChI is InChI=1S/C15H22ClNO/c16-15(17-18)13-9-4-2-1-3-6-10-14-11-7-5-8-12-14/h5,7-8,11-12,18H,1-4,6,9-10,13H2. The van der Waals surface area contributed by atoms with Gasteiger partial charge in [0, 0.05) is 6.42 Å². The van der Waals surface area contributed by atoms with Crippen molar-refractivity contribution < 1.29 is 5.21 Å². The van der Waals surface area contributed by atoms with Crippen molar-refractivity contribution in [3.8, 4) is 0 Å². The molecule has 1 rings (SSSR count). The van der Waals surface area contributed by atoms with Crippen molar-refractivity contribution in [3.05, 3.63) is 35.9 Å². The molecule has 0 unspecified atom stereocenters. The lowest BCUT2D eigenvalue weighted by molar-refractivity contribution is 0.319. The van der Waals surface area contributed by atoms with Crippen LogP contribution in [0.25, 0.3) is 0 Å². The van der Waals surface area contributed by atoms with E-state index in [2.05, 4.69) is 35.5 Å². The lowest BCUT2D eigenvalue weighted by Crippen LogP contribution is -1.88. The molecule has 100 valence electrons. The molecule has 0 saturated heterocycles. The molecule has 0 fully saturated rings. The van der Waals surface area contributed by atoms with Gasteiger partial charge >= 0.3 is 0 Å². The fraction of sp³-hybridized carbons (Fsp3) is 0.533. The third kappa shape index (κ3) is 7.33. The smallest absolute Gasteiger partial charge is 0.145 e. The summed E-state index contributed by atoms with van der Waals surface area (Å²) in [5.41, 5.74) is 1.43. The number of rotatable bonds is 9. The van der Waals surface area contributed by atoms with Gasteiger partial charge in [0.1, 0.15) is 5.17 Å². The highest BCUT2D eigenvalue weighted by atomic mass is 35.5. The van der Waals surface area contributed by atoms with Gasteiger partial charge in [0.15, 0.2) is 0 Å². The monoisotopic (exact) mass is 267 g/mol. The average Bonchev–Trinajstić information content (AvgIpc) is 2.42. The van der Waals surface area contributed by atoms with Crippen LogP contribution < -0.4 is 0 Å². The number of unbranched alkanes of at least 4 members (excludes halogenated alkanes) is 5. The molecule has 0 amide bonds. The predicted octanol–water partition coefficient (Wildman–Crippen LogP) is 4.99. The van der Waals surface area contributed by atoms with Crippen LogP contribution >= 0.6 is 11.6 Å². The maximum Gasteiger partial charge on any atom is 0.145 e. The number of oxime groups is 1. The van der Waals surface area contributed by atoms with Crippen molar-refractivity contribution in [2.75, 3.05) is 0 Å². The van der Waals surface area contributed by atoms with Gasteiger partial charge in [-0.05, 0) is 24.8 Å². The molecule has 0 heterocycles. The molecule has 0 aliphatic carbocycles. The molecule has 1 aromatic rings. The van der Waals surface area contributed by atoms with Crippen LogP contribution in [0.15, 0.2) is 35.5 Å². The van der Waals surface area contributed by atoms with Gasteiger partial charge in [-0.3, -0.25) is 0 Å². The summed E-state index contributed by atoms with van der Waals surface area (Å²) in [6.45, 7) is 0. The second-order valence-corrected chi connectivity index (χ2v) is 5.02. The zero-order valence-corrected chi connectivity index (χ0v) is 11.6. The van der Waals surface area contributed by atoms with Crippen LogP contribution in [0.3, 0.4) is 0 Å². The van der Waals surface area contributed by atoms with E-state index in [0.717, 1.165) is 12.8 Å². The number of aryl methyl sites for hydroxylation is 1. The molecule has 0 bridgehead atoms. The minimum absolute atomic E-state index is 0.319. The predicted molar refractivity (Wildman–Crippen MR) is 77.5 cm³/mol. The third-order valence-corrected chi connectivity index (χ3v) is 3.31. The zero-order valence-electron chi connectivity index (χ0n) is 10.8. The van der Waals surface area contributed by atoms with Crippen molar-refractivity contribution in [2.24, 2.45) is 5.16 Å². The quantitative estimate of drug-likeness (QED) is 0.291. The van der Waals surface area contributed by atoms with Crippen molar-refractivity contribution in [2.45, 2.75) is 51.4 Å². The first-order chi connectivity index (χ1) is 8.83. The molecule has 0 spiro atoms. The van der Waals surface area contributed by atoms with Crippen molar-refractivity contribution in [1.29, 1.82) is 0 Å². The highest BCUT2D eigenvalue weighted by Gasteiger charge is 1.96. The highest BCUT2D eigenvalue weighted by molar-refractivity contribution is 6.65. The molecule has 0 aliphatic rings. The average molecular weight is 268 g/mol. The van der Waals surface area contributed by atoms with E-state index in [9.17, 15) is 0 Å². The normalized spacial score (nSPS) is 11.7. The first kappa shape index (κ1) is 15.0. The first-order valence-corrected chi connectivity index (χ1v) is 7.11. The molecular formula is C15H22ClNO. The summed E-state index contributed by atoms with van der Waals surface area (Å²) in [5.74, 6) is 0. The summed E-state index contributed by atoms with van der Waals surface area (Å²) < 4.78 is 0. The maximum absolute atomic E-state index is 8.37. The highest BCUT2D eigenvalue weighted by Crippen LogP contribution is 2.11. The van der Waals surface area contributed by atoms with Gasteiger partial charge in [0.25, 0.3) is 0 Å². The van der Waals surface area contributed by atoms with Crippen LogP contribution in [-0.4, -0.2) is 10.4 Å². The van der Waals surface area contributed by atoms with Gasteiger partial charge < -0.3 is 5.21 Å². The molecule has 0 aromatic heterocycles. The Hall–Kier alpha value is -1.02. The van der Waals surface area contributed by atoms with Gasteiger partial charge in [-0.2, -0.15) is 0 Å². The van der Waals surface area contributed by atoms with Crippen molar-refractivity contribution in [3.63, 3.8) is 0 Å².